The van der Waals surface area contributed by atoms with Crippen LogP contribution in [0.5, 0.6) is 0 Å². The molecule has 0 bridgehead atoms. The molecule has 1 saturated carbocycles. The van der Waals surface area contributed by atoms with Gasteiger partial charge >= 0.3 is 0 Å². The molecule has 1 aromatic heterocycles. The second-order valence-electron chi connectivity index (χ2n) is 6.76. The van der Waals surface area contributed by atoms with Crippen molar-refractivity contribution in [1.29, 1.82) is 0 Å². The molecule has 2 nitrogen and oxygen atoms in total. The third kappa shape index (κ3) is 4.56. The van der Waals surface area contributed by atoms with Crippen LogP contribution in [0.1, 0.15) is 57.2 Å². The highest BCUT2D eigenvalue weighted by Gasteiger charge is 2.30. The number of nitrogens with zero attached hydrogens (tertiary/aromatic N) is 1. The van der Waals surface area contributed by atoms with Gasteiger partial charge in [-0.1, -0.05) is 33.6 Å². The summed E-state index contributed by atoms with van der Waals surface area (Å²) >= 11 is 1.85. The lowest BCUT2D eigenvalue weighted by Gasteiger charge is -2.36. The van der Waals surface area contributed by atoms with E-state index in [0.29, 0.717) is 6.04 Å². The summed E-state index contributed by atoms with van der Waals surface area (Å²) in [4.78, 5) is 4.68. The Hall–Kier alpha value is -0.410. The summed E-state index contributed by atoms with van der Waals surface area (Å²) in [6, 6.07) is 0.599. The number of aromatic nitrogens is 1. The molecule has 2 rings (SSSR count). The monoisotopic (exact) mass is 294 g/mol. The van der Waals surface area contributed by atoms with E-state index in [1.165, 1.54) is 49.4 Å². The molecule has 0 spiro atoms. The van der Waals surface area contributed by atoms with Gasteiger partial charge < -0.3 is 5.32 Å². The van der Waals surface area contributed by atoms with Crippen molar-refractivity contribution >= 4 is 11.3 Å². The van der Waals surface area contributed by atoms with Crippen LogP contribution in [0.25, 0.3) is 0 Å². The molecule has 0 aliphatic heterocycles. The Labute approximate surface area is 128 Å². The second-order valence-corrected chi connectivity index (χ2v) is 7.70. The van der Waals surface area contributed by atoms with E-state index >= 15 is 0 Å². The number of thiazole rings is 1. The zero-order valence-corrected chi connectivity index (χ0v) is 14.3. The lowest BCUT2D eigenvalue weighted by atomic mass is 9.72. The van der Waals surface area contributed by atoms with Crippen molar-refractivity contribution in [3.8, 4) is 0 Å². The molecule has 3 unspecified atom stereocenters. The first kappa shape index (κ1) is 16.0. The van der Waals surface area contributed by atoms with Crippen LogP contribution in [0, 0.1) is 24.7 Å². The van der Waals surface area contributed by atoms with Gasteiger partial charge in [-0.2, -0.15) is 0 Å². The van der Waals surface area contributed by atoms with Gasteiger partial charge in [-0.15, -0.1) is 11.3 Å². The molecule has 114 valence electrons. The molecule has 0 aromatic carbocycles. The molecular weight excluding hydrogens is 264 g/mol. The minimum absolute atomic E-state index is 0.599. The van der Waals surface area contributed by atoms with Crippen LogP contribution in [0.4, 0.5) is 0 Å². The first-order valence-electron chi connectivity index (χ1n) is 8.22. The smallest absolute Gasteiger partial charge is 0.0930 e. The van der Waals surface area contributed by atoms with Crippen LogP contribution in [0.15, 0.2) is 5.38 Å². The summed E-state index contributed by atoms with van der Waals surface area (Å²) < 4.78 is 0. The van der Waals surface area contributed by atoms with E-state index in [9.17, 15) is 0 Å². The van der Waals surface area contributed by atoms with Crippen LogP contribution < -0.4 is 5.32 Å². The maximum absolute atomic E-state index is 4.68. The average molecular weight is 295 g/mol. The van der Waals surface area contributed by atoms with Gasteiger partial charge in [0.05, 0.1) is 5.01 Å². The zero-order chi connectivity index (χ0) is 14.5. The molecule has 0 saturated heterocycles. The minimum Gasteiger partial charge on any atom is -0.314 e. The van der Waals surface area contributed by atoms with E-state index in [-0.39, 0.29) is 0 Å². The van der Waals surface area contributed by atoms with Gasteiger partial charge in [0, 0.05) is 23.5 Å². The Balaban J connectivity index is 1.97. The number of hydrogen-bond donors (Lipinski definition) is 1. The number of nitrogens with one attached hydrogen (secondary N) is 1. The number of rotatable bonds is 6. The van der Waals surface area contributed by atoms with E-state index in [0.717, 1.165) is 17.8 Å². The molecule has 1 aliphatic carbocycles. The summed E-state index contributed by atoms with van der Waals surface area (Å²) in [6.07, 6.45) is 6.76. The van der Waals surface area contributed by atoms with Crippen molar-refractivity contribution in [3.63, 3.8) is 0 Å². The van der Waals surface area contributed by atoms with E-state index in [2.05, 4.69) is 43.4 Å². The third-order valence-electron chi connectivity index (χ3n) is 4.72. The molecule has 1 fully saturated rings. The van der Waals surface area contributed by atoms with Crippen molar-refractivity contribution in [2.24, 2.45) is 17.8 Å². The standard InChI is InChI=1S/C17H30N2S/c1-5-14-6-7-15(10-18-12(2)3)16(8-14)9-17-19-13(4)11-20-17/h11-12,14-16,18H,5-10H2,1-4H3. The highest BCUT2D eigenvalue weighted by atomic mass is 32.1. The van der Waals surface area contributed by atoms with Crippen molar-refractivity contribution in [3.05, 3.63) is 16.1 Å². The summed E-state index contributed by atoms with van der Waals surface area (Å²) in [6.45, 7) is 10.1. The van der Waals surface area contributed by atoms with Crippen molar-refractivity contribution < 1.29 is 0 Å². The second kappa shape index (κ2) is 7.56. The molecule has 0 radical (unpaired) electrons. The molecule has 1 N–H and O–H groups in total. The van der Waals surface area contributed by atoms with Gasteiger partial charge in [0.1, 0.15) is 0 Å². The van der Waals surface area contributed by atoms with Crippen molar-refractivity contribution in [2.75, 3.05) is 6.54 Å². The average Bonchev–Trinajstić information content (AvgIpc) is 2.82. The molecular formula is C17H30N2S. The highest BCUT2D eigenvalue weighted by molar-refractivity contribution is 7.09. The zero-order valence-electron chi connectivity index (χ0n) is 13.5. The van der Waals surface area contributed by atoms with E-state index in [1.807, 2.05) is 11.3 Å². The fraction of sp³-hybridized carbons (Fsp3) is 0.824. The lowest BCUT2D eigenvalue weighted by Crippen LogP contribution is -2.36. The van der Waals surface area contributed by atoms with Gasteiger partial charge in [-0.05, 0) is 44.1 Å². The number of aryl methyl sites for hydroxylation is 1. The van der Waals surface area contributed by atoms with Crippen LogP contribution >= 0.6 is 11.3 Å². The SMILES string of the molecule is CCC1CCC(CNC(C)C)C(Cc2nc(C)cs2)C1. The molecule has 1 aromatic rings. The molecule has 3 atom stereocenters. The van der Waals surface area contributed by atoms with Crippen LogP contribution in [-0.2, 0) is 6.42 Å². The third-order valence-corrected chi connectivity index (χ3v) is 5.71. The Morgan fingerprint density at radius 1 is 1.35 bits per heavy atom. The molecule has 3 heteroatoms. The summed E-state index contributed by atoms with van der Waals surface area (Å²) in [5.41, 5.74) is 1.18. The van der Waals surface area contributed by atoms with Gasteiger partial charge in [0.2, 0.25) is 0 Å². The lowest BCUT2D eigenvalue weighted by molar-refractivity contribution is 0.169. The Kier molecular flexibility index (Phi) is 6.03. The van der Waals surface area contributed by atoms with E-state index < -0.39 is 0 Å². The van der Waals surface area contributed by atoms with Crippen LogP contribution in [-0.4, -0.2) is 17.6 Å². The first-order valence-corrected chi connectivity index (χ1v) is 9.10. The summed E-state index contributed by atoms with van der Waals surface area (Å²) in [7, 11) is 0. The summed E-state index contributed by atoms with van der Waals surface area (Å²) in [5, 5.41) is 7.19. The predicted molar refractivity (Wildman–Crippen MR) is 88.3 cm³/mol. The fourth-order valence-electron chi connectivity index (χ4n) is 3.42. The largest absolute Gasteiger partial charge is 0.314 e. The Bertz CT molecular complexity index is 399. The van der Waals surface area contributed by atoms with Gasteiger partial charge in [0.25, 0.3) is 0 Å². The van der Waals surface area contributed by atoms with Gasteiger partial charge in [-0.3, -0.25) is 0 Å². The maximum Gasteiger partial charge on any atom is 0.0930 e. The molecule has 1 heterocycles. The van der Waals surface area contributed by atoms with Gasteiger partial charge in [-0.25, -0.2) is 4.98 Å². The highest BCUT2D eigenvalue weighted by Crippen LogP contribution is 2.37. The molecule has 20 heavy (non-hydrogen) atoms. The van der Waals surface area contributed by atoms with E-state index in [4.69, 9.17) is 0 Å². The van der Waals surface area contributed by atoms with Crippen molar-refractivity contribution in [1.82, 2.24) is 10.3 Å². The predicted octanol–water partition coefficient (Wildman–Crippen LogP) is 4.43. The normalized spacial score (nSPS) is 27.1. The molecule has 0 amide bonds. The first-order chi connectivity index (χ1) is 9.58. The Morgan fingerprint density at radius 3 is 2.75 bits per heavy atom. The topological polar surface area (TPSA) is 24.9 Å². The van der Waals surface area contributed by atoms with E-state index in [1.54, 1.807) is 0 Å². The van der Waals surface area contributed by atoms with Crippen molar-refractivity contribution in [2.45, 2.75) is 65.8 Å². The van der Waals surface area contributed by atoms with Crippen LogP contribution in [0.2, 0.25) is 0 Å². The Morgan fingerprint density at radius 2 is 2.15 bits per heavy atom. The minimum atomic E-state index is 0.599. The quantitative estimate of drug-likeness (QED) is 0.839. The number of hydrogen-bond acceptors (Lipinski definition) is 3. The maximum atomic E-state index is 4.68. The molecule has 1 aliphatic rings. The van der Waals surface area contributed by atoms with Crippen LogP contribution in [0.3, 0.4) is 0 Å². The fourth-order valence-corrected chi connectivity index (χ4v) is 4.29. The summed E-state index contributed by atoms with van der Waals surface area (Å²) in [5.74, 6) is 2.60. The van der Waals surface area contributed by atoms with Gasteiger partial charge in [0.15, 0.2) is 0 Å².